The molecule has 7 aliphatic rings. The van der Waals surface area contributed by atoms with Crippen molar-refractivity contribution in [2.45, 2.75) is 162 Å². The smallest absolute Gasteiger partial charge is 0.388 e. The van der Waals surface area contributed by atoms with Gasteiger partial charge in [-0.2, -0.15) is 41.3 Å². The van der Waals surface area contributed by atoms with Gasteiger partial charge in [0.25, 0.3) is 5.91 Å². The highest BCUT2D eigenvalue weighted by Gasteiger charge is 2.61. The summed E-state index contributed by atoms with van der Waals surface area (Å²) < 4.78 is 170. The lowest BCUT2D eigenvalue weighted by Gasteiger charge is -2.42. The molecule has 0 radical (unpaired) electrons. The summed E-state index contributed by atoms with van der Waals surface area (Å²) in [6, 6.07) is 4.87. The first-order valence-electron chi connectivity index (χ1n) is 43.9. The van der Waals surface area contributed by atoms with Gasteiger partial charge in [-0.3, -0.25) is 29.1 Å². The van der Waals surface area contributed by atoms with Crippen LogP contribution in [-0.2, 0) is 109 Å². The molecule has 47 heteroatoms. The number of hydrogen-bond acceptors (Lipinski definition) is 37. The van der Waals surface area contributed by atoms with Gasteiger partial charge in [0.1, 0.15) is 59.3 Å². The molecule has 7 fully saturated rings. The van der Waals surface area contributed by atoms with Crippen LogP contribution in [0.4, 0.5) is 55.8 Å². The summed E-state index contributed by atoms with van der Waals surface area (Å²) in [5.74, 6) is 1.95. The van der Waals surface area contributed by atoms with Crippen LogP contribution >= 0.6 is 0 Å². The van der Waals surface area contributed by atoms with Gasteiger partial charge >= 0.3 is 12.4 Å². The minimum atomic E-state index is -4.75. The predicted molar refractivity (Wildman–Crippen MR) is 444 cm³/mol. The molecule has 6 bridgehead atoms. The molecular weight excluding hydrogens is 1720 g/mol. The topological polar surface area (TPSA) is 507 Å². The Labute approximate surface area is 742 Å². The summed E-state index contributed by atoms with van der Waals surface area (Å²) in [6.45, 7) is 5.34. The standard InChI is InChI=1S/C82H123F6N17O24/c83-81(84,85)60-42-89-44-62(99-60)101-67-69(109)71(111)79(51-126-74(67)128-79)49-124-36-34-120-32-30-118-28-26-114-20-14-91-64(106)12-18-122-47-58(48-123-19-13-65(107)92-15-21-115-27-29-119-31-33-121-35-37-125-50-80-52-127-75(129-80)68(70(110)72(80)112)102-63-45-90-43-61(100-63)82(86,87)88)95-46-66(108)93-16-22-116-24-25-117-23-17-94-73(113)56-9-6-54(7-10-56)41-97-77-103-76(96-40-53-4-2-1-3-5-53)104-78(105-77)98-59-39-55-8-11-57(59)38-55/h6-7,9-10,42-45,53,55,57-59,67-72,74-75,95,109-112H,1-5,8,11-41,46-52H2,(H,91,106)(H,92,107)(H,93,108)(H,94,113)(H,99,101)(H,100,102)(H3,96,97,98,103,104,105)/t55?,57?,59?,67-,68-,69-,70-,71-,72-,74+,75+,79+,80+/m1/s1. The fourth-order valence-corrected chi connectivity index (χ4v) is 15.6. The Balaban J connectivity index is 0.502. The Morgan fingerprint density at radius 1 is 0.465 bits per heavy atom. The molecule has 722 valence electrons. The van der Waals surface area contributed by atoms with Gasteiger partial charge in [-0.15, -0.1) is 0 Å². The highest BCUT2D eigenvalue weighted by atomic mass is 19.4. The summed E-state index contributed by atoms with van der Waals surface area (Å²) in [6.07, 6.45) is -3.40. The van der Waals surface area contributed by atoms with E-state index in [1.165, 1.54) is 51.4 Å². The number of amides is 4. The van der Waals surface area contributed by atoms with Crippen LogP contribution in [0.2, 0.25) is 0 Å². The average molecular weight is 1840 g/mol. The van der Waals surface area contributed by atoms with Crippen LogP contribution in [0.5, 0.6) is 0 Å². The molecule has 3 saturated carbocycles. The lowest BCUT2D eigenvalue weighted by atomic mass is 9.88. The van der Waals surface area contributed by atoms with Gasteiger partial charge in [-0.1, -0.05) is 37.8 Å². The number of ether oxygens (including phenoxy) is 16. The molecule has 4 aliphatic heterocycles. The molecule has 14 N–H and O–H groups in total. The van der Waals surface area contributed by atoms with E-state index in [-0.39, 0.29) is 253 Å². The Morgan fingerprint density at radius 2 is 0.907 bits per heavy atom. The van der Waals surface area contributed by atoms with Crippen molar-refractivity contribution in [2.75, 3.05) is 238 Å². The molecule has 0 spiro atoms. The molecule has 4 saturated heterocycles. The fourth-order valence-electron chi connectivity index (χ4n) is 15.6. The van der Waals surface area contributed by atoms with Gasteiger partial charge in [0.15, 0.2) is 24.0 Å². The number of rotatable bonds is 63. The summed E-state index contributed by atoms with van der Waals surface area (Å²) in [5.41, 5.74) is -3.89. The number of aliphatic hydroxyl groups excluding tert-OH is 4. The van der Waals surface area contributed by atoms with Crippen molar-refractivity contribution in [3.63, 3.8) is 0 Å². The van der Waals surface area contributed by atoms with Crippen LogP contribution in [0.1, 0.15) is 97.9 Å². The van der Waals surface area contributed by atoms with E-state index < -0.39 is 90.1 Å². The normalized spacial score (nSPS) is 24.2. The van der Waals surface area contributed by atoms with Crippen molar-refractivity contribution in [3.05, 3.63) is 71.6 Å². The first-order valence-corrected chi connectivity index (χ1v) is 43.9. The maximum Gasteiger partial charge on any atom is 0.434 e. The van der Waals surface area contributed by atoms with E-state index >= 15 is 0 Å². The molecule has 7 heterocycles. The highest BCUT2D eigenvalue weighted by Crippen LogP contribution is 2.46. The number of fused-ring (bicyclic) bond motifs is 6. The SMILES string of the molecule is O=C(CCOCC(COCCC(=O)NCCOCCOCCOCCOC[C@@]12CO[C@@H](O1)[C@H](Nc1cncc(C(F)(F)F)n1)[C@@H](O)[C@H]2O)NCC(=O)NCCOCCOCCNC(=O)c1ccc(CNc2nc(NCC3CCCCC3)nc(NC3CC4CCC3C4)n2)cc1)NCCOCCOCCOCCOC[C@@]12CO[C@@H](O1)[C@H](Nc1cncc(C(F)(F)F)n1)[C@@H](O)[C@H]2O. The molecular formula is C82H123F6N17O24. The van der Waals surface area contributed by atoms with Crippen molar-refractivity contribution in [1.29, 1.82) is 0 Å². The Bertz CT molecular complexity index is 3840. The summed E-state index contributed by atoms with van der Waals surface area (Å²) in [7, 11) is 0. The number of halogens is 6. The minimum Gasteiger partial charge on any atom is -0.388 e. The number of alkyl halides is 6. The van der Waals surface area contributed by atoms with Crippen molar-refractivity contribution >= 4 is 53.1 Å². The quantitative estimate of drug-likeness (QED) is 0.0219. The summed E-state index contributed by atoms with van der Waals surface area (Å²) in [4.78, 5) is 79.7. The maximum atomic E-state index is 13.2. The zero-order chi connectivity index (χ0) is 91.1. The molecule has 3 aromatic heterocycles. The second kappa shape index (κ2) is 53.0. The van der Waals surface area contributed by atoms with Gasteiger partial charge in [-0.25, -0.2) is 9.97 Å². The number of carbonyl (C=O) groups excluding carboxylic acids is 4. The van der Waals surface area contributed by atoms with Gasteiger partial charge in [0, 0.05) is 63.7 Å². The molecule has 4 aromatic rings. The van der Waals surface area contributed by atoms with E-state index in [0.717, 1.165) is 36.8 Å². The van der Waals surface area contributed by atoms with E-state index in [0.29, 0.717) is 60.2 Å². The molecule has 13 atom stereocenters. The first-order chi connectivity index (χ1) is 62.5. The number of anilines is 5. The first kappa shape index (κ1) is 102. The molecule has 11 rings (SSSR count). The van der Waals surface area contributed by atoms with Gasteiger partial charge in [-0.05, 0) is 67.6 Å². The van der Waals surface area contributed by atoms with Crippen molar-refractivity contribution in [1.82, 2.24) is 61.5 Å². The maximum absolute atomic E-state index is 13.2. The van der Waals surface area contributed by atoms with E-state index in [9.17, 15) is 65.9 Å². The second-order valence-corrected chi connectivity index (χ2v) is 32.2. The molecule has 1 aromatic carbocycles. The third kappa shape index (κ3) is 33.6. The van der Waals surface area contributed by atoms with Crippen molar-refractivity contribution in [2.24, 2.45) is 17.8 Å². The van der Waals surface area contributed by atoms with Crippen LogP contribution in [0.3, 0.4) is 0 Å². The minimum absolute atomic E-state index is 0.0201. The lowest BCUT2D eigenvalue weighted by Crippen LogP contribution is -2.64. The predicted octanol–water partition coefficient (Wildman–Crippen LogP) is 1.37. The second-order valence-electron chi connectivity index (χ2n) is 32.2. The fraction of sp³-hybridized carbons (Fsp3) is 0.744. The number of carbonyl (C=O) groups is 4. The van der Waals surface area contributed by atoms with Crippen molar-refractivity contribution < 1.29 is 142 Å². The van der Waals surface area contributed by atoms with Crippen LogP contribution in [0.25, 0.3) is 0 Å². The summed E-state index contributed by atoms with van der Waals surface area (Å²) in [5, 5.41) is 73.7. The largest absolute Gasteiger partial charge is 0.434 e. The molecule has 129 heavy (non-hydrogen) atoms. The molecule has 3 unspecified atom stereocenters. The average Bonchev–Trinajstić information content (AvgIpc) is 1.61. The third-order valence-electron chi connectivity index (χ3n) is 22.5. The van der Waals surface area contributed by atoms with E-state index in [2.05, 4.69) is 73.1 Å². The Kier molecular flexibility index (Phi) is 41.8. The zero-order valence-electron chi connectivity index (χ0n) is 72.1. The van der Waals surface area contributed by atoms with Crippen LogP contribution in [-0.4, -0.2) is 362 Å². The highest BCUT2D eigenvalue weighted by molar-refractivity contribution is 5.94. The lowest BCUT2D eigenvalue weighted by molar-refractivity contribution is -0.230. The molecule has 4 amide bonds. The van der Waals surface area contributed by atoms with Crippen LogP contribution < -0.4 is 53.2 Å². The van der Waals surface area contributed by atoms with E-state index in [4.69, 9.17) is 90.7 Å². The van der Waals surface area contributed by atoms with Gasteiger partial charge in [0.05, 0.1) is 209 Å². The summed E-state index contributed by atoms with van der Waals surface area (Å²) >= 11 is 0. The third-order valence-corrected chi connectivity index (χ3v) is 22.5. The number of aliphatic hydroxyl groups is 4. The number of benzene rings is 1. The van der Waals surface area contributed by atoms with Crippen molar-refractivity contribution in [3.8, 4) is 0 Å². The number of hydrogen-bond donors (Lipinski definition) is 14. The zero-order valence-corrected chi connectivity index (χ0v) is 72.1. The number of aromatic nitrogens is 7. The Morgan fingerprint density at radius 3 is 1.36 bits per heavy atom. The molecule has 41 nitrogen and oxygen atoms in total. The van der Waals surface area contributed by atoms with Crippen LogP contribution in [0, 0.1) is 17.8 Å². The molecule has 3 aliphatic carbocycles. The monoisotopic (exact) mass is 1840 g/mol. The van der Waals surface area contributed by atoms with Gasteiger partial charge < -0.3 is 149 Å². The van der Waals surface area contributed by atoms with Crippen LogP contribution in [0.15, 0.2) is 49.1 Å². The van der Waals surface area contributed by atoms with Gasteiger partial charge in [0.2, 0.25) is 35.6 Å². The van der Waals surface area contributed by atoms with E-state index in [1.54, 1.807) is 12.1 Å². The number of nitrogens with one attached hydrogen (secondary N) is 10. The number of nitrogens with zero attached hydrogens (tertiary/aromatic N) is 7. The Hall–Kier alpha value is -7.99. The van der Waals surface area contributed by atoms with E-state index in [1.807, 2.05) is 12.1 Å².